The monoisotopic (exact) mass is 258 g/mol. The highest BCUT2D eigenvalue weighted by Gasteiger charge is 2.07. The highest BCUT2D eigenvalue weighted by molar-refractivity contribution is 5.99. The van der Waals surface area contributed by atoms with Gasteiger partial charge in [0.1, 0.15) is 0 Å². The number of rotatable bonds is 4. The predicted molar refractivity (Wildman–Crippen MR) is 77.9 cm³/mol. The molecule has 0 aliphatic carbocycles. The van der Waals surface area contributed by atoms with Gasteiger partial charge in [0, 0.05) is 23.3 Å². The molecule has 1 heterocycles. The van der Waals surface area contributed by atoms with E-state index >= 15 is 0 Å². The number of nitrogens with one attached hydrogen (secondary N) is 2. The number of hydrogen-bond donors (Lipinski definition) is 3. The number of fused-ring (bicyclic) bond motifs is 1. The molecule has 1 aromatic heterocycles. The second kappa shape index (κ2) is 5.56. The van der Waals surface area contributed by atoms with Crippen LogP contribution in [0.5, 0.6) is 0 Å². The summed E-state index contributed by atoms with van der Waals surface area (Å²) in [6.45, 7) is 4.09. The van der Waals surface area contributed by atoms with Crippen LogP contribution in [0.1, 0.15) is 13.8 Å². The molecule has 2 aromatic rings. The van der Waals surface area contributed by atoms with Crippen molar-refractivity contribution in [2.75, 3.05) is 17.6 Å². The van der Waals surface area contributed by atoms with Gasteiger partial charge >= 0.3 is 0 Å². The van der Waals surface area contributed by atoms with Gasteiger partial charge in [-0.3, -0.25) is 9.78 Å². The zero-order chi connectivity index (χ0) is 13.8. The van der Waals surface area contributed by atoms with Gasteiger partial charge in [-0.25, -0.2) is 0 Å². The maximum absolute atomic E-state index is 11.6. The van der Waals surface area contributed by atoms with E-state index in [1.165, 1.54) is 0 Å². The second-order valence-corrected chi connectivity index (χ2v) is 4.68. The number of carbonyl (C=O) groups excluding carboxylic acids is 1. The van der Waals surface area contributed by atoms with Crippen LogP contribution in [0.4, 0.5) is 11.4 Å². The molecule has 0 spiro atoms. The van der Waals surface area contributed by atoms with Gasteiger partial charge in [0.05, 0.1) is 17.7 Å². The van der Waals surface area contributed by atoms with Gasteiger partial charge < -0.3 is 16.4 Å². The molecule has 0 fully saturated rings. The number of nitrogens with two attached hydrogens (primary N) is 1. The maximum atomic E-state index is 11.6. The fourth-order valence-electron chi connectivity index (χ4n) is 1.90. The van der Waals surface area contributed by atoms with Crippen LogP contribution in [0.2, 0.25) is 0 Å². The minimum absolute atomic E-state index is 0.0381. The van der Waals surface area contributed by atoms with Crippen molar-refractivity contribution in [3.05, 3.63) is 30.5 Å². The highest BCUT2D eigenvalue weighted by atomic mass is 16.1. The van der Waals surface area contributed by atoms with Crippen molar-refractivity contribution in [3.63, 3.8) is 0 Å². The Labute approximate surface area is 112 Å². The number of amides is 1. The van der Waals surface area contributed by atoms with E-state index in [0.29, 0.717) is 5.69 Å². The van der Waals surface area contributed by atoms with Gasteiger partial charge in [-0.05, 0) is 38.1 Å². The first-order valence-electron chi connectivity index (χ1n) is 6.24. The van der Waals surface area contributed by atoms with E-state index < -0.39 is 0 Å². The third-order valence-electron chi connectivity index (χ3n) is 2.69. The van der Waals surface area contributed by atoms with Crippen molar-refractivity contribution in [1.82, 2.24) is 10.3 Å². The van der Waals surface area contributed by atoms with Gasteiger partial charge in [-0.2, -0.15) is 0 Å². The normalized spacial score (nSPS) is 10.7. The summed E-state index contributed by atoms with van der Waals surface area (Å²) in [5.41, 5.74) is 8.11. The van der Waals surface area contributed by atoms with E-state index in [0.717, 1.165) is 16.6 Å². The lowest BCUT2D eigenvalue weighted by Gasteiger charge is -2.12. The summed E-state index contributed by atoms with van der Waals surface area (Å²) in [6.07, 6.45) is 1.70. The number of pyridine rings is 1. The van der Waals surface area contributed by atoms with E-state index in [1.54, 1.807) is 12.3 Å². The Kier molecular flexibility index (Phi) is 3.85. The fourth-order valence-corrected chi connectivity index (χ4v) is 1.90. The Balaban J connectivity index is 2.17. The molecule has 5 heteroatoms. The predicted octanol–water partition coefficient (Wildman–Crippen LogP) is 1.75. The number of anilines is 2. The quantitative estimate of drug-likeness (QED) is 0.730. The summed E-state index contributed by atoms with van der Waals surface area (Å²) in [6, 6.07) is 7.57. The summed E-state index contributed by atoms with van der Waals surface area (Å²) in [5.74, 6) is -0.0381. The molecular weight excluding hydrogens is 240 g/mol. The van der Waals surface area contributed by atoms with Crippen LogP contribution >= 0.6 is 0 Å². The lowest BCUT2D eigenvalue weighted by molar-refractivity contribution is -0.119. The van der Waals surface area contributed by atoms with Gasteiger partial charge in [0.2, 0.25) is 5.91 Å². The molecule has 0 saturated heterocycles. The minimum atomic E-state index is -0.0381. The zero-order valence-corrected chi connectivity index (χ0v) is 11.1. The molecule has 0 atom stereocenters. The van der Waals surface area contributed by atoms with Gasteiger partial charge in [0.15, 0.2) is 0 Å². The van der Waals surface area contributed by atoms with Crippen LogP contribution in [-0.4, -0.2) is 23.5 Å². The molecule has 0 bridgehead atoms. The van der Waals surface area contributed by atoms with Crippen LogP contribution in [0.25, 0.3) is 10.9 Å². The third-order valence-corrected chi connectivity index (χ3v) is 2.69. The van der Waals surface area contributed by atoms with Crippen LogP contribution in [0.3, 0.4) is 0 Å². The van der Waals surface area contributed by atoms with Crippen LogP contribution in [-0.2, 0) is 4.79 Å². The first-order valence-corrected chi connectivity index (χ1v) is 6.24. The summed E-state index contributed by atoms with van der Waals surface area (Å²) in [4.78, 5) is 15.9. The lowest BCUT2D eigenvalue weighted by atomic mass is 10.1. The van der Waals surface area contributed by atoms with Crippen molar-refractivity contribution < 1.29 is 4.79 Å². The Bertz CT molecular complexity index is 595. The Hall–Kier alpha value is -2.30. The van der Waals surface area contributed by atoms with E-state index in [1.807, 2.05) is 32.0 Å². The average Bonchev–Trinajstić information content (AvgIpc) is 2.37. The van der Waals surface area contributed by atoms with E-state index in [4.69, 9.17) is 5.73 Å². The van der Waals surface area contributed by atoms with Crippen molar-refractivity contribution in [2.45, 2.75) is 19.9 Å². The number of aromatic nitrogens is 1. The largest absolute Gasteiger partial charge is 0.397 e. The SMILES string of the molecule is CC(C)NC(=O)CNc1ccc(N)c2ncccc12. The summed E-state index contributed by atoms with van der Waals surface area (Å²) >= 11 is 0. The smallest absolute Gasteiger partial charge is 0.239 e. The molecule has 0 aliphatic rings. The zero-order valence-electron chi connectivity index (χ0n) is 11.1. The summed E-state index contributed by atoms with van der Waals surface area (Å²) < 4.78 is 0. The number of benzene rings is 1. The molecule has 1 amide bonds. The molecule has 0 aliphatic heterocycles. The molecule has 19 heavy (non-hydrogen) atoms. The number of hydrogen-bond acceptors (Lipinski definition) is 4. The Morgan fingerprint density at radius 3 is 2.89 bits per heavy atom. The fraction of sp³-hybridized carbons (Fsp3) is 0.286. The molecule has 4 N–H and O–H groups in total. The van der Waals surface area contributed by atoms with E-state index in [-0.39, 0.29) is 18.5 Å². The molecular formula is C14H18N4O. The van der Waals surface area contributed by atoms with Crippen molar-refractivity contribution in [3.8, 4) is 0 Å². The Morgan fingerprint density at radius 1 is 1.37 bits per heavy atom. The van der Waals surface area contributed by atoms with Crippen molar-refractivity contribution in [1.29, 1.82) is 0 Å². The van der Waals surface area contributed by atoms with Crippen LogP contribution in [0, 0.1) is 0 Å². The third kappa shape index (κ3) is 3.13. The minimum Gasteiger partial charge on any atom is -0.397 e. The molecule has 0 unspecified atom stereocenters. The molecule has 5 nitrogen and oxygen atoms in total. The highest BCUT2D eigenvalue weighted by Crippen LogP contribution is 2.26. The molecule has 0 saturated carbocycles. The number of nitrogens with zero attached hydrogens (tertiary/aromatic N) is 1. The molecule has 2 rings (SSSR count). The van der Waals surface area contributed by atoms with Crippen LogP contribution in [0.15, 0.2) is 30.5 Å². The topological polar surface area (TPSA) is 80.0 Å². The van der Waals surface area contributed by atoms with E-state index in [9.17, 15) is 4.79 Å². The van der Waals surface area contributed by atoms with Gasteiger partial charge in [0.25, 0.3) is 0 Å². The molecule has 0 radical (unpaired) electrons. The Morgan fingerprint density at radius 2 is 2.16 bits per heavy atom. The second-order valence-electron chi connectivity index (χ2n) is 4.68. The van der Waals surface area contributed by atoms with Gasteiger partial charge in [-0.1, -0.05) is 0 Å². The van der Waals surface area contributed by atoms with Crippen LogP contribution < -0.4 is 16.4 Å². The molecule has 100 valence electrons. The average molecular weight is 258 g/mol. The first-order chi connectivity index (χ1) is 9.08. The number of carbonyl (C=O) groups is 1. The molecule has 1 aromatic carbocycles. The summed E-state index contributed by atoms with van der Waals surface area (Å²) in [5, 5.41) is 6.86. The first kappa shape index (κ1) is 13.1. The number of nitrogen functional groups attached to an aromatic ring is 1. The van der Waals surface area contributed by atoms with Crippen molar-refractivity contribution >= 4 is 28.2 Å². The van der Waals surface area contributed by atoms with E-state index in [2.05, 4.69) is 15.6 Å². The summed E-state index contributed by atoms with van der Waals surface area (Å²) in [7, 11) is 0. The van der Waals surface area contributed by atoms with Gasteiger partial charge in [-0.15, -0.1) is 0 Å². The lowest BCUT2D eigenvalue weighted by Crippen LogP contribution is -2.34. The maximum Gasteiger partial charge on any atom is 0.239 e. The standard InChI is InChI=1S/C14H18N4O/c1-9(2)18-13(19)8-17-12-6-5-11(15)14-10(12)4-3-7-16-14/h3-7,9,17H,8,15H2,1-2H3,(H,18,19). The van der Waals surface area contributed by atoms with Crippen molar-refractivity contribution in [2.24, 2.45) is 0 Å².